The lowest BCUT2D eigenvalue weighted by molar-refractivity contribution is -0.146. The smallest absolute Gasteiger partial charge is 0.310 e. The minimum absolute atomic E-state index is 0.103. The Labute approximate surface area is 120 Å². The zero-order valence-corrected chi connectivity index (χ0v) is 12.2. The lowest BCUT2D eigenvalue weighted by Gasteiger charge is -2.31. The Bertz CT molecular complexity index is 493. The van der Waals surface area contributed by atoms with Crippen molar-refractivity contribution in [3.8, 4) is 0 Å². The van der Waals surface area contributed by atoms with Crippen LogP contribution in [0.25, 0.3) is 0 Å². The summed E-state index contributed by atoms with van der Waals surface area (Å²) >= 11 is 3.27. The van der Waals surface area contributed by atoms with Crippen LogP contribution in [0.1, 0.15) is 23.2 Å². The topological polar surface area (TPSA) is 59.5 Å². The third kappa shape index (κ3) is 3.12. The van der Waals surface area contributed by atoms with Gasteiger partial charge in [-0.25, -0.2) is 4.98 Å². The predicted octanol–water partition coefficient (Wildman–Crippen LogP) is 1.87. The molecule has 0 aliphatic carbocycles. The van der Waals surface area contributed by atoms with Gasteiger partial charge in [0.05, 0.1) is 18.6 Å². The molecule has 2 rings (SSSR count). The number of rotatable bonds is 2. The van der Waals surface area contributed by atoms with Crippen molar-refractivity contribution in [1.29, 1.82) is 0 Å². The molecule has 2 heterocycles. The first-order valence-corrected chi connectivity index (χ1v) is 6.90. The van der Waals surface area contributed by atoms with Gasteiger partial charge in [0.25, 0.3) is 5.91 Å². The molecular formula is C13H15BrN2O3. The van der Waals surface area contributed by atoms with Gasteiger partial charge < -0.3 is 9.64 Å². The Morgan fingerprint density at radius 1 is 1.53 bits per heavy atom. The molecule has 19 heavy (non-hydrogen) atoms. The second-order valence-electron chi connectivity index (χ2n) is 4.46. The summed E-state index contributed by atoms with van der Waals surface area (Å²) in [5.74, 6) is -0.575. The highest BCUT2D eigenvalue weighted by Gasteiger charge is 2.30. The minimum Gasteiger partial charge on any atom is -0.469 e. The lowest BCUT2D eigenvalue weighted by Crippen LogP contribution is -2.42. The molecule has 0 aromatic carbocycles. The summed E-state index contributed by atoms with van der Waals surface area (Å²) in [6, 6.07) is 3.45. The van der Waals surface area contributed by atoms with E-state index < -0.39 is 0 Å². The van der Waals surface area contributed by atoms with Crippen LogP contribution >= 0.6 is 15.9 Å². The Balaban J connectivity index is 2.11. The van der Waals surface area contributed by atoms with E-state index in [2.05, 4.69) is 20.9 Å². The van der Waals surface area contributed by atoms with Crippen LogP contribution in [0.3, 0.4) is 0 Å². The first-order valence-electron chi connectivity index (χ1n) is 6.11. The highest BCUT2D eigenvalue weighted by molar-refractivity contribution is 9.10. The number of methoxy groups -OCH3 is 1. The van der Waals surface area contributed by atoms with Crippen LogP contribution in [0.4, 0.5) is 0 Å². The number of pyridine rings is 1. The zero-order chi connectivity index (χ0) is 13.8. The SMILES string of the molecule is COC(=O)[C@H]1CCCN(C(=O)c2cccnc2Br)C1. The third-order valence-electron chi connectivity index (χ3n) is 3.23. The number of halogens is 1. The molecule has 1 aromatic heterocycles. The number of hydrogen-bond acceptors (Lipinski definition) is 4. The van der Waals surface area contributed by atoms with Crippen LogP contribution < -0.4 is 0 Å². The number of esters is 1. The summed E-state index contributed by atoms with van der Waals surface area (Å²) in [7, 11) is 1.38. The van der Waals surface area contributed by atoms with Crippen LogP contribution in [-0.2, 0) is 9.53 Å². The molecule has 0 saturated carbocycles. The number of carbonyl (C=O) groups is 2. The standard InChI is InChI=1S/C13H15BrN2O3/c1-19-13(18)9-4-3-7-16(8-9)12(17)10-5-2-6-15-11(10)14/h2,5-6,9H,3-4,7-8H2,1H3/t9-/m0/s1. The van der Waals surface area contributed by atoms with E-state index in [1.54, 1.807) is 23.2 Å². The van der Waals surface area contributed by atoms with Crippen LogP contribution in [0.5, 0.6) is 0 Å². The minimum atomic E-state index is -0.247. The van der Waals surface area contributed by atoms with Gasteiger partial charge in [-0.05, 0) is 40.9 Å². The predicted molar refractivity (Wildman–Crippen MR) is 72.6 cm³/mol. The van der Waals surface area contributed by atoms with Gasteiger partial charge in [-0.15, -0.1) is 0 Å². The fourth-order valence-electron chi connectivity index (χ4n) is 2.24. The van der Waals surface area contributed by atoms with Crippen molar-refractivity contribution in [2.24, 2.45) is 5.92 Å². The van der Waals surface area contributed by atoms with Gasteiger partial charge in [-0.3, -0.25) is 9.59 Å². The number of nitrogens with zero attached hydrogens (tertiary/aromatic N) is 2. The molecule has 1 amide bonds. The maximum atomic E-state index is 12.4. The van der Waals surface area contributed by atoms with Crippen molar-refractivity contribution >= 4 is 27.8 Å². The number of hydrogen-bond donors (Lipinski definition) is 0. The molecule has 5 nitrogen and oxygen atoms in total. The maximum Gasteiger partial charge on any atom is 0.310 e. The summed E-state index contributed by atoms with van der Waals surface area (Å²) in [6.45, 7) is 1.07. The fourth-order valence-corrected chi connectivity index (χ4v) is 2.66. The van der Waals surface area contributed by atoms with Crippen molar-refractivity contribution in [3.63, 3.8) is 0 Å². The van der Waals surface area contributed by atoms with Gasteiger partial charge in [0.15, 0.2) is 0 Å². The Morgan fingerprint density at radius 3 is 3.00 bits per heavy atom. The summed E-state index contributed by atoms with van der Waals surface area (Å²) in [5.41, 5.74) is 0.521. The second-order valence-corrected chi connectivity index (χ2v) is 5.21. The molecule has 1 aliphatic heterocycles. The van der Waals surface area contributed by atoms with E-state index >= 15 is 0 Å². The number of aromatic nitrogens is 1. The summed E-state index contributed by atoms with van der Waals surface area (Å²) in [4.78, 5) is 29.7. The Kier molecular flexibility index (Phi) is 4.52. The van der Waals surface area contributed by atoms with Crippen LogP contribution in [0.2, 0.25) is 0 Å². The average molecular weight is 327 g/mol. The van der Waals surface area contributed by atoms with Crippen molar-refractivity contribution in [2.75, 3.05) is 20.2 Å². The zero-order valence-electron chi connectivity index (χ0n) is 10.6. The van der Waals surface area contributed by atoms with Crippen LogP contribution in [0.15, 0.2) is 22.9 Å². The van der Waals surface area contributed by atoms with E-state index in [4.69, 9.17) is 4.74 Å². The normalized spacial score (nSPS) is 19.1. The van der Waals surface area contributed by atoms with Crippen molar-refractivity contribution in [3.05, 3.63) is 28.5 Å². The molecular weight excluding hydrogens is 312 g/mol. The molecule has 102 valence electrons. The van der Waals surface area contributed by atoms with Gasteiger partial charge in [0.2, 0.25) is 0 Å². The van der Waals surface area contributed by atoms with Gasteiger partial charge in [-0.2, -0.15) is 0 Å². The van der Waals surface area contributed by atoms with Gasteiger partial charge in [0, 0.05) is 19.3 Å². The van der Waals surface area contributed by atoms with Gasteiger partial charge in [-0.1, -0.05) is 0 Å². The summed E-state index contributed by atoms with van der Waals surface area (Å²) in [5, 5.41) is 0. The Hall–Kier alpha value is -1.43. The van der Waals surface area contributed by atoms with Crippen molar-refractivity contribution in [1.82, 2.24) is 9.88 Å². The summed E-state index contributed by atoms with van der Waals surface area (Å²) in [6.07, 6.45) is 3.20. The maximum absolute atomic E-state index is 12.4. The molecule has 1 saturated heterocycles. The van der Waals surface area contributed by atoms with Crippen molar-refractivity contribution < 1.29 is 14.3 Å². The first-order chi connectivity index (χ1) is 9.13. The van der Waals surface area contributed by atoms with E-state index in [-0.39, 0.29) is 17.8 Å². The largest absolute Gasteiger partial charge is 0.469 e. The van der Waals surface area contributed by atoms with Gasteiger partial charge in [0.1, 0.15) is 4.60 Å². The van der Waals surface area contributed by atoms with E-state index in [0.717, 1.165) is 12.8 Å². The van der Waals surface area contributed by atoms with E-state index in [1.807, 2.05) is 0 Å². The molecule has 0 unspecified atom stereocenters. The number of amides is 1. The van der Waals surface area contributed by atoms with Gasteiger partial charge >= 0.3 is 5.97 Å². The highest BCUT2D eigenvalue weighted by atomic mass is 79.9. The molecule has 0 bridgehead atoms. The molecule has 1 aliphatic rings. The number of piperidine rings is 1. The molecule has 0 spiro atoms. The van der Waals surface area contributed by atoms with Crippen molar-refractivity contribution in [2.45, 2.75) is 12.8 Å². The molecule has 1 atom stereocenters. The van der Waals surface area contributed by atoms with Crippen LogP contribution in [0, 0.1) is 5.92 Å². The number of likely N-dealkylation sites (tertiary alicyclic amines) is 1. The quantitative estimate of drug-likeness (QED) is 0.615. The van der Waals surface area contributed by atoms with E-state index in [9.17, 15) is 9.59 Å². The number of carbonyl (C=O) groups excluding carboxylic acids is 2. The summed E-state index contributed by atoms with van der Waals surface area (Å²) < 4.78 is 5.28. The fraction of sp³-hybridized carbons (Fsp3) is 0.462. The second kappa shape index (κ2) is 6.14. The third-order valence-corrected chi connectivity index (χ3v) is 3.86. The van der Waals surface area contributed by atoms with E-state index in [0.29, 0.717) is 23.3 Å². The highest BCUT2D eigenvalue weighted by Crippen LogP contribution is 2.22. The lowest BCUT2D eigenvalue weighted by atomic mass is 9.97. The molecule has 0 radical (unpaired) electrons. The molecule has 1 aromatic rings. The van der Waals surface area contributed by atoms with E-state index in [1.165, 1.54) is 7.11 Å². The first kappa shape index (κ1) is 14.0. The monoisotopic (exact) mass is 326 g/mol. The van der Waals surface area contributed by atoms with Crippen LogP contribution in [-0.4, -0.2) is 42.0 Å². The molecule has 6 heteroatoms. The molecule has 1 fully saturated rings. The Morgan fingerprint density at radius 2 is 2.32 bits per heavy atom. The molecule has 0 N–H and O–H groups in total. The average Bonchev–Trinajstić information content (AvgIpc) is 2.46. The number of ether oxygens (including phenoxy) is 1.